The summed E-state index contributed by atoms with van der Waals surface area (Å²) in [5, 5.41) is 0. The maximum Gasteiger partial charge on any atom is 0.185 e. The Labute approximate surface area is 108 Å². The van der Waals surface area contributed by atoms with E-state index in [1.54, 1.807) is 6.92 Å². The van der Waals surface area contributed by atoms with Crippen molar-refractivity contribution in [1.29, 1.82) is 0 Å². The summed E-state index contributed by atoms with van der Waals surface area (Å²) in [5.74, 6) is 0.0652. The monoisotopic (exact) mass is 248 g/mol. The van der Waals surface area contributed by atoms with E-state index in [-0.39, 0.29) is 23.3 Å². The number of hydrogen-bond donors (Lipinski definition) is 0. The highest BCUT2D eigenvalue weighted by Crippen LogP contribution is 2.44. The van der Waals surface area contributed by atoms with Crippen molar-refractivity contribution in [2.24, 2.45) is 0 Å². The second-order valence-corrected chi connectivity index (χ2v) is 5.77. The van der Waals surface area contributed by atoms with Gasteiger partial charge in [-0.3, -0.25) is 4.79 Å². The molecule has 0 spiro atoms. The predicted octanol–water partition coefficient (Wildman–Crippen LogP) is 3.49. The summed E-state index contributed by atoms with van der Waals surface area (Å²) in [4.78, 5) is 11.2. The topological polar surface area (TPSA) is 35.5 Å². The Kier molecular flexibility index (Phi) is 3.07. The maximum atomic E-state index is 11.2. The average Bonchev–Trinajstić information content (AvgIpc) is 2.48. The molecule has 1 saturated heterocycles. The summed E-state index contributed by atoms with van der Waals surface area (Å²) in [6, 6.07) is 7.39. The fourth-order valence-corrected chi connectivity index (χ4v) is 1.85. The number of ether oxygens (including phenoxy) is 2. The lowest BCUT2D eigenvalue weighted by molar-refractivity contribution is -0.0895. The first kappa shape index (κ1) is 13.2. The van der Waals surface area contributed by atoms with Crippen molar-refractivity contribution in [3.63, 3.8) is 0 Å². The zero-order valence-corrected chi connectivity index (χ0v) is 11.6. The Balaban J connectivity index is 2.22. The highest BCUT2D eigenvalue weighted by atomic mass is 16.7. The first-order valence-electron chi connectivity index (χ1n) is 6.19. The Morgan fingerprint density at radius 1 is 1.00 bits per heavy atom. The Bertz CT molecular complexity index is 441. The summed E-state index contributed by atoms with van der Waals surface area (Å²) in [6.45, 7) is 9.66. The lowest BCUT2D eigenvalue weighted by Crippen LogP contribution is -2.41. The second kappa shape index (κ2) is 4.18. The molecule has 0 radical (unpaired) electrons. The van der Waals surface area contributed by atoms with Crippen LogP contribution in [-0.4, -0.2) is 17.0 Å². The molecule has 1 heterocycles. The molecule has 1 aromatic rings. The van der Waals surface area contributed by atoms with Crippen LogP contribution in [0.5, 0.6) is 0 Å². The highest BCUT2D eigenvalue weighted by Gasteiger charge is 2.49. The molecule has 3 nitrogen and oxygen atoms in total. The van der Waals surface area contributed by atoms with Gasteiger partial charge < -0.3 is 9.47 Å². The van der Waals surface area contributed by atoms with Crippen LogP contribution in [0.15, 0.2) is 24.3 Å². The molecule has 18 heavy (non-hydrogen) atoms. The van der Waals surface area contributed by atoms with E-state index in [1.807, 2.05) is 52.0 Å². The molecule has 1 aromatic carbocycles. The highest BCUT2D eigenvalue weighted by molar-refractivity contribution is 5.94. The molecule has 0 atom stereocenters. The SMILES string of the molecule is CC(=O)c1ccc(C2OC(C)(C)C(C)(C)O2)cc1. The van der Waals surface area contributed by atoms with Crippen molar-refractivity contribution in [2.75, 3.05) is 0 Å². The maximum absolute atomic E-state index is 11.2. The van der Waals surface area contributed by atoms with Gasteiger partial charge in [-0.25, -0.2) is 0 Å². The molecule has 0 amide bonds. The predicted molar refractivity (Wildman–Crippen MR) is 69.5 cm³/mol. The van der Waals surface area contributed by atoms with Crippen molar-refractivity contribution < 1.29 is 14.3 Å². The van der Waals surface area contributed by atoms with Gasteiger partial charge in [-0.15, -0.1) is 0 Å². The zero-order valence-electron chi connectivity index (χ0n) is 11.6. The van der Waals surface area contributed by atoms with Crippen LogP contribution in [0.25, 0.3) is 0 Å². The van der Waals surface area contributed by atoms with E-state index in [4.69, 9.17) is 9.47 Å². The molecule has 0 unspecified atom stereocenters. The van der Waals surface area contributed by atoms with E-state index in [0.717, 1.165) is 5.56 Å². The number of Topliss-reactive ketones (excluding diaryl/α,β-unsaturated/α-hetero) is 1. The number of carbonyl (C=O) groups excluding carboxylic acids is 1. The minimum Gasteiger partial charge on any atom is -0.339 e. The lowest BCUT2D eigenvalue weighted by atomic mass is 9.90. The third-order valence-electron chi connectivity index (χ3n) is 3.84. The number of rotatable bonds is 2. The average molecular weight is 248 g/mol. The molecular weight excluding hydrogens is 228 g/mol. The molecule has 2 rings (SSSR count). The van der Waals surface area contributed by atoms with Gasteiger partial charge in [0.2, 0.25) is 0 Å². The lowest BCUT2D eigenvalue weighted by Gasteiger charge is -2.30. The normalized spacial score (nSPS) is 22.1. The fraction of sp³-hybridized carbons (Fsp3) is 0.533. The molecule has 98 valence electrons. The van der Waals surface area contributed by atoms with Crippen molar-refractivity contribution in [1.82, 2.24) is 0 Å². The number of ketones is 1. The first-order valence-corrected chi connectivity index (χ1v) is 6.19. The van der Waals surface area contributed by atoms with Crippen LogP contribution in [0, 0.1) is 0 Å². The summed E-state index contributed by atoms with van der Waals surface area (Å²) >= 11 is 0. The summed E-state index contributed by atoms with van der Waals surface area (Å²) in [5.41, 5.74) is 0.974. The van der Waals surface area contributed by atoms with Gasteiger partial charge in [-0.05, 0) is 34.6 Å². The van der Waals surface area contributed by atoms with Crippen molar-refractivity contribution in [2.45, 2.75) is 52.1 Å². The van der Waals surface area contributed by atoms with Crippen molar-refractivity contribution >= 4 is 5.78 Å². The third-order valence-corrected chi connectivity index (χ3v) is 3.84. The van der Waals surface area contributed by atoms with Crippen LogP contribution in [-0.2, 0) is 9.47 Å². The number of benzene rings is 1. The molecule has 0 saturated carbocycles. The minimum absolute atomic E-state index is 0.0652. The fourth-order valence-electron chi connectivity index (χ4n) is 1.85. The third kappa shape index (κ3) is 2.20. The smallest absolute Gasteiger partial charge is 0.185 e. The Morgan fingerprint density at radius 2 is 1.44 bits per heavy atom. The van der Waals surface area contributed by atoms with Crippen LogP contribution >= 0.6 is 0 Å². The van der Waals surface area contributed by atoms with E-state index < -0.39 is 0 Å². The molecule has 1 aliphatic rings. The van der Waals surface area contributed by atoms with E-state index in [2.05, 4.69) is 0 Å². The van der Waals surface area contributed by atoms with E-state index in [0.29, 0.717) is 5.56 Å². The quantitative estimate of drug-likeness (QED) is 0.751. The van der Waals surface area contributed by atoms with Crippen molar-refractivity contribution in [3.05, 3.63) is 35.4 Å². The second-order valence-electron chi connectivity index (χ2n) is 5.77. The number of carbonyl (C=O) groups is 1. The molecule has 0 N–H and O–H groups in total. The van der Waals surface area contributed by atoms with Gasteiger partial charge in [0.05, 0.1) is 11.2 Å². The molecule has 3 heteroatoms. The zero-order chi connectivity index (χ0) is 13.6. The molecule has 0 bridgehead atoms. The van der Waals surface area contributed by atoms with Crippen molar-refractivity contribution in [3.8, 4) is 0 Å². The van der Waals surface area contributed by atoms with Gasteiger partial charge in [0.1, 0.15) is 0 Å². The van der Waals surface area contributed by atoms with Crippen LogP contribution < -0.4 is 0 Å². The molecule has 0 aromatic heterocycles. The molecule has 0 aliphatic carbocycles. The van der Waals surface area contributed by atoms with E-state index in [9.17, 15) is 4.79 Å². The first-order chi connectivity index (χ1) is 8.23. The molecule has 1 aliphatic heterocycles. The number of hydrogen-bond acceptors (Lipinski definition) is 3. The molecular formula is C15H20O3. The standard InChI is InChI=1S/C15H20O3/c1-10(16)11-6-8-12(9-7-11)13-17-14(2,3)15(4,5)18-13/h6-9,13H,1-5H3. The largest absolute Gasteiger partial charge is 0.339 e. The van der Waals surface area contributed by atoms with Gasteiger partial charge in [-0.1, -0.05) is 24.3 Å². The van der Waals surface area contributed by atoms with Crippen LogP contribution in [0.3, 0.4) is 0 Å². The van der Waals surface area contributed by atoms with Crippen LogP contribution in [0.2, 0.25) is 0 Å². The summed E-state index contributed by atoms with van der Waals surface area (Å²) < 4.78 is 11.9. The molecule has 1 fully saturated rings. The summed E-state index contributed by atoms with van der Waals surface area (Å²) in [7, 11) is 0. The van der Waals surface area contributed by atoms with Crippen LogP contribution in [0.4, 0.5) is 0 Å². The van der Waals surface area contributed by atoms with E-state index >= 15 is 0 Å². The van der Waals surface area contributed by atoms with Gasteiger partial charge >= 0.3 is 0 Å². The van der Waals surface area contributed by atoms with Gasteiger partial charge in [0.25, 0.3) is 0 Å². The minimum atomic E-state index is -0.365. The Morgan fingerprint density at radius 3 is 1.83 bits per heavy atom. The van der Waals surface area contributed by atoms with Gasteiger partial charge in [0.15, 0.2) is 12.1 Å². The van der Waals surface area contributed by atoms with Gasteiger partial charge in [-0.2, -0.15) is 0 Å². The Hall–Kier alpha value is -1.19. The van der Waals surface area contributed by atoms with Crippen LogP contribution in [0.1, 0.15) is 56.8 Å². The summed E-state index contributed by atoms with van der Waals surface area (Å²) in [6.07, 6.45) is -0.365. The van der Waals surface area contributed by atoms with Gasteiger partial charge in [0, 0.05) is 11.1 Å². The van der Waals surface area contributed by atoms with E-state index in [1.165, 1.54) is 0 Å².